The van der Waals surface area contributed by atoms with Crippen LogP contribution in [-0.4, -0.2) is 39.5 Å². The van der Waals surface area contributed by atoms with Crippen LogP contribution in [0.5, 0.6) is 0 Å². The molecule has 1 aromatic carbocycles. The number of aryl methyl sites for hydroxylation is 1. The van der Waals surface area contributed by atoms with Gasteiger partial charge in [0.1, 0.15) is 5.75 Å². The van der Waals surface area contributed by atoms with Crippen LogP contribution in [0.2, 0.25) is 0 Å². The molecule has 0 radical (unpaired) electrons. The van der Waals surface area contributed by atoms with Crippen molar-refractivity contribution in [1.82, 2.24) is 5.32 Å². The van der Waals surface area contributed by atoms with Crippen molar-refractivity contribution in [2.75, 3.05) is 19.9 Å². The van der Waals surface area contributed by atoms with E-state index in [0.29, 0.717) is 6.42 Å². The minimum Gasteiger partial charge on any atom is -0.468 e. The number of ether oxygens (including phenoxy) is 1. The second-order valence-corrected chi connectivity index (χ2v) is 7.50. The molecule has 5 nitrogen and oxygen atoms in total. The zero-order valence-corrected chi connectivity index (χ0v) is 13.2. The van der Waals surface area contributed by atoms with Gasteiger partial charge >= 0.3 is 5.97 Å². The number of carbonyl (C=O) groups excluding carboxylic acids is 1. The van der Waals surface area contributed by atoms with Gasteiger partial charge in [0.05, 0.1) is 12.4 Å². The molecular formula is C15H21NO4S. The van der Waals surface area contributed by atoms with E-state index in [1.54, 1.807) is 7.05 Å². The number of methoxy groups -OCH3 is 1. The number of fused-ring (bicyclic) bond motifs is 1. The van der Waals surface area contributed by atoms with Gasteiger partial charge in [-0.05, 0) is 37.4 Å². The minimum absolute atomic E-state index is 0.293. The highest BCUT2D eigenvalue weighted by molar-refractivity contribution is 7.92. The van der Waals surface area contributed by atoms with Gasteiger partial charge in [-0.15, -0.1) is 0 Å². The summed E-state index contributed by atoms with van der Waals surface area (Å²) < 4.78 is 29.6. The minimum atomic E-state index is -3.56. The van der Waals surface area contributed by atoms with Gasteiger partial charge in [-0.3, -0.25) is 4.79 Å². The van der Waals surface area contributed by atoms with Crippen LogP contribution in [0.4, 0.5) is 0 Å². The highest BCUT2D eigenvalue weighted by Gasteiger charge is 2.37. The Hall–Kier alpha value is -1.40. The first-order valence-corrected chi connectivity index (χ1v) is 8.74. The number of hydrogen-bond donors (Lipinski definition) is 1. The van der Waals surface area contributed by atoms with Crippen molar-refractivity contribution in [2.24, 2.45) is 0 Å². The molecule has 0 aliphatic heterocycles. The van der Waals surface area contributed by atoms with E-state index in [2.05, 4.69) is 10.1 Å². The van der Waals surface area contributed by atoms with Gasteiger partial charge in [0.15, 0.2) is 9.84 Å². The fourth-order valence-electron chi connectivity index (χ4n) is 2.98. The standard InChI is InChI=1S/C15H21NO4S/c1-16-15-12-8-4-3-6-11(12)7-5-9-13(15)21(18,19)10-14(17)20-2/h3-4,6,8,13,15-16H,5,7,9-10H2,1-2H3. The zero-order chi connectivity index (χ0) is 15.5. The third kappa shape index (κ3) is 3.44. The normalized spacial score (nSPS) is 22.2. The number of sulfone groups is 1. The first kappa shape index (κ1) is 16.0. The summed E-state index contributed by atoms with van der Waals surface area (Å²) in [7, 11) is -0.597. The van der Waals surface area contributed by atoms with Crippen LogP contribution >= 0.6 is 0 Å². The molecule has 2 rings (SSSR count). The van der Waals surface area contributed by atoms with Crippen molar-refractivity contribution < 1.29 is 17.9 Å². The molecule has 0 amide bonds. The van der Waals surface area contributed by atoms with E-state index in [9.17, 15) is 13.2 Å². The predicted octanol–water partition coefficient (Wildman–Crippen LogP) is 1.24. The van der Waals surface area contributed by atoms with Crippen LogP contribution in [0.15, 0.2) is 24.3 Å². The third-order valence-electron chi connectivity index (χ3n) is 4.02. The summed E-state index contributed by atoms with van der Waals surface area (Å²) in [6.45, 7) is 0. The van der Waals surface area contributed by atoms with Crippen LogP contribution in [0, 0.1) is 0 Å². The number of hydrogen-bond acceptors (Lipinski definition) is 5. The second-order valence-electron chi connectivity index (χ2n) is 5.28. The van der Waals surface area contributed by atoms with Crippen LogP contribution in [-0.2, 0) is 25.8 Å². The summed E-state index contributed by atoms with van der Waals surface area (Å²) in [5, 5.41) is 2.51. The smallest absolute Gasteiger partial charge is 0.320 e. The number of nitrogens with one attached hydrogen (secondary N) is 1. The number of benzene rings is 1. The first-order valence-electron chi connectivity index (χ1n) is 7.03. The lowest BCUT2D eigenvalue weighted by atomic mass is 9.99. The van der Waals surface area contributed by atoms with Gasteiger partial charge in [0.2, 0.25) is 0 Å². The van der Waals surface area contributed by atoms with Gasteiger partial charge in [-0.2, -0.15) is 0 Å². The lowest BCUT2D eigenvalue weighted by Gasteiger charge is -2.26. The first-order chi connectivity index (χ1) is 9.99. The molecule has 0 aromatic heterocycles. The molecule has 1 aromatic rings. The molecular weight excluding hydrogens is 290 g/mol. The third-order valence-corrected chi connectivity index (χ3v) is 6.08. The van der Waals surface area contributed by atoms with E-state index >= 15 is 0 Å². The van der Waals surface area contributed by atoms with E-state index < -0.39 is 26.8 Å². The van der Waals surface area contributed by atoms with Crippen LogP contribution < -0.4 is 5.32 Å². The molecule has 0 spiro atoms. The Morgan fingerprint density at radius 3 is 2.76 bits per heavy atom. The molecule has 2 unspecified atom stereocenters. The maximum atomic E-state index is 12.5. The second kappa shape index (κ2) is 6.58. The summed E-state index contributed by atoms with van der Waals surface area (Å²) in [6.07, 6.45) is 2.19. The lowest BCUT2D eigenvalue weighted by Crippen LogP contribution is -2.38. The number of rotatable bonds is 4. The molecule has 1 aliphatic carbocycles. The van der Waals surface area contributed by atoms with E-state index in [1.807, 2.05) is 24.3 Å². The van der Waals surface area contributed by atoms with Gasteiger partial charge in [0, 0.05) is 6.04 Å². The quantitative estimate of drug-likeness (QED) is 0.669. The average Bonchev–Trinajstić information content (AvgIpc) is 2.66. The summed E-state index contributed by atoms with van der Waals surface area (Å²) in [6, 6.07) is 7.59. The van der Waals surface area contributed by atoms with Gasteiger partial charge < -0.3 is 10.1 Å². The fourth-order valence-corrected chi connectivity index (χ4v) is 4.87. The van der Waals surface area contributed by atoms with Crippen LogP contribution in [0.25, 0.3) is 0 Å². The molecule has 0 saturated carbocycles. The van der Waals surface area contributed by atoms with Crippen molar-refractivity contribution in [3.05, 3.63) is 35.4 Å². The summed E-state index contributed by atoms with van der Waals surface area (Å²) in [5.74, 6) is -1.27. The van der Waals surface area contributed by atoms with Crippen molar-refractivity contribution in [3.63, 3.8) is 0 Å². The van der Waals surface area contributed by atoms with Crippen molar-refractivity contribution in [3.8, 4) is 0 Å². The lowest BCUT2D eigenvalue weighted by molar-refractivity contribution is -0.137. The molecule has 1 N–H and O–H groups in total. The Morgan fingerprint density at radius 1 is 1.38 bits per heavy atom. The SMILES string of the molecule is CNC1c2ccccc2CCCC1S(=O)(=O)CC(=O)OC. The van der Waals surface area contributed by atoms with Crippen molar-refractivity contribution >= 4 is 15.8 Å². The maximum absolute atomic E-state index is 12.5. The van der Waals surface area contributed by atoms with Gasteiger partial charge in [-0.25, -0.2) is 8.42 Å². The van der Waals surface area contributed by atoms with E-state index in [4.69, 9.17) is 0 Å². The molecule has 0 bridgehead atoms. The Bertz CT molecular complexity index is 612. The largest absolute Gasteiger partial charge is 0.468 e. The molecule has 116 valence electrons. The Balaban J connectivity index is 2.37. The average molecular weight is 311 g/mol. The van der Waals surface area contributed by atoms with E-state index in [1.165, 1.54) is 12.7 Å². The Kier molecular flexibility index (Phi) is 5.00. The fraction of sp³-hybridized carbons (Fsp3) is 0.533. The molecule has 21 heavy (non-hydrogen) atoms. The Labute approximate surface area is 125 Å². The highest BCUT2D eigenvalue weighted by atomic mass is 32.2. The van der Waals surface area contributed by atoms with Gasteiger partial charge in [0.25, 0.3) is 0 Å². The molecule has 6 heteroatoms. The molecule has 0 heterocycles. The van der Waals surface area contributed by atoms with Crippen molar-refractivity contribution in [1.29, 1.82) is 0 Å². The maximum Gasteiger partial charge on any atom is 0.320 e. The van der Waals surface area contributed by atoms with Crippen LogP contribution in [0.1, 0.15) is 30.0 Å². The molecule has 2 atom stereocenters. The van der Waals surface area contributed by atoms with E-state index in [-0.39, 0.29) is 6.04 Å². The summed E-state index contributed by atoms with van der Waals surface area (Å²) in [4.78, 5) is 11.4. The highest BCUT2D eigenvalue weighted by Crippen LogP contribution is 2.33. The van der Waals surface area contributed by atoms with Crippen molar-refractivity contribution in [2.45, 2.75) is 30.6 Å². The number of carbonyl (C=O) groups is 1. The van der Waals surface area contributed by atoms with E-state index in [0.717, 1.165) is 18.4 Å². The van der Waals surface area contributed by atoms with Gasteiger partial charge in [-0.1, -0.05) is 24.3 Å². The monoisotopic (exact) mass is 311 g/mol. The Morgan fingerprint density at radius 2 is 2.10 bits per heavy atom. The summed E-state index contributed by atoms with van der Waals surface area (Å²) in [5.41, 5.74) is 2.18. The number of esters is 1. The predicted molar refractivity (Wildman–Crippen MR) is 80.8 cm³/mol. The summed E-state index contributed by atoms with van der Waals surface area (Å²) >= 11 is 0. The van der Waals surface area contributed by atoms with Crippen LogP contribution in [0.3, 0.4) is 0 Å². The zero-order valence-electron chi connectivity index (χ0n) is 12.3. The molecule has 0 saturated heterocycles. The molecule has 0 fully saturated rings. The molecule has 1 aliphatic rings. The topological polar surface area (TPSA) is 72.5 Å².